The Balaban J connectivity index is 1.93. The van der Waals surface area contributed by atoms with Gasteiger partial charge in [0.1, 0.15) is 6.33 Å². The average molecular weight is 277 g/mol. The molecule has 0 radical (unpaired) electrons. The van der Waals surface area contributed by atoms with Crippen molar-refractivity contribution in [3.8, 4) is 0 Å². The van der Waals surface area contributed by atoms with Gasteiger partial charge < -0.3 is 9.30 Å². The van der Waals surface area contributed by atoms with E-state index in [4.69, 9.17) is 4.74 Å². The molecule has 19 heavy (non-hydrogen) atoms. The van der Waals surface area contributed by atoms with Gasteiger partial charge in [0.05, 0.1) is 0 Å². The average Bonchev–Trinajstić information content (AvgIpc) is 2.86. The van der Waals surface area contributed by atoms with E-state index in [0.29, 0.717) is 0 Å². The van der Waals surface area contributed by atoms with Gasteiger partial charge in [-0.1, -0.05) is 36.0 Å². The molecule has 0 aliphatic rings. The van der Waals surface area contributed by atoms with E-state index in [1.807, 2.05) is 0 Å². The van der Waals surface area contributed by atoms with E-state index in [-0.39, 0.29) is 0 Å². The first-order valence-electron chi connectivity index (χ1n) is 6.35. The number of aryl methyl sites for hydroxylation is 2. The molecule has 5 heteroatoms. The molecule has 1 aromatic carbocycles. The van der Waals surface area contributed by atoms with Crippen molar-refractivity contribution in [3.63, 3.8) is 0 Å². The Morgan fingerprint density at radius 3 is 2.95 bits per heavy atom. The number of rotatable bonds is 7. The van der Waals surface area contributed by atoms with E-state index in [1.165, 1.54) is 11.1 Å². The van der Waals surface area contributed by atoms with Crippen molar-refractivity contribution in [2.45, 2.75) is 30.8 Å². The molecule has 0 amide bonds. The van der Waals surface area contributed by atoms with Crippen molar-refractivity contribution in [2.24, 2.45) is 0 Å². The van der Waals surface area contributed by atoms with Crippen LogP contribution in [-0.2, 0) is 17.0 Å². The van der Waals surface area contributed by atoms with E-state index in [1.54, 1.807) is 25.2 Å². The van der Waals surface area contributed by atoms with E-state index < -0.39 is 0 Å². The van der Waals surface area contributed by atoms with Gasteiger partial charge in [-0.25, -0.2) is 0 Å². The third kappa shape index (κ3) is 4.08. The molecule has 102 valence electrons. The molecule has 0 saturated heterocycles. The molecule has 2 aromatic rings. The van der Waals surface area contributed by atoms with Crippen LogP contribution in [0.3, 0.4) is 0 Å². The minimum Gasteiger partial charge on any atom is -0.385 e. The zero-order valence-corrected chi connectivity index (χ0v) is 12.2. The number of nitrogens with zero attached hydrogens (tertiary/aromatic N) is 3. The van der Waals surface area contributed by atoms with E-state index in [2.05, 4.69) is 46.0 Å². The lowest BCUT2D eigenvalue weighted by Crippen LogP contribution is -2.02. The lowest BCUT2D eigenvalue weighted by atomic mass is 10.1. The van der Waals surface area contributed by atoms with Crippen molar-refractivity contribution < 1.29 is 4.74 Å². The van der Waals surface area contributed by atoms with Gasteiger partial charge in [0, 0.05) is 26.0 Å². The minimum atomic E-state index is 0.764. The maximum absolute atomic E-state index is 5.06. The number of hydrogen-bond donors (Lipinski definition) is 0. The largest absolute Gasteiger partial charge is 0.385 e. The third-order valence-corrected chi connectivity index (χ3v) is 3.98. The second-order valence-corrected chi connectivity index (χ2v) is 5.31. The zero-order valence-electron chi connectivity index (χ0n) is 11.4. The number of ether oxygens (including phenoxy) is 1. The molecule has 0 bridgehead atoms. The summed E-state index contributed by atoms with van der Waals surface area (Å²) in [7, 11) is 1.72. The van der Waals surface area contributed by atoms with Crippen LogP contribution in [0.15, 0.2) is 35.7 Å². The Morgan fingerprint density at radius 1 is 1.32 bits per heavy atom. The lowest BCUT2D eigenvalue weighted by molar-refractivity contribution is 0.189. The Labute approximate surface area is 118 Å². The summed E-state index contributed by atoms with van der Waals surface area (Å²) in [4.78, 5) is 0. The number of benzene rings is 1. The molecule has 0 atom stereocenters. The van der Waals surface area contributed by atoms with Crippen molar-refractivity contribution in [3.05, 3.63) is 41.7 Å². The van der Waals surface area contributed by atoms with Crippen LogP contribution < -0.4 is 0 Å². The first-order chi connectivity index (χ1) is 9.31. The van der Waals surface area contributed by atoms with Gasteiger partial charge in [-0.2, -0.15) is 0 Å². The smallest absolute Gasteiger partial charge is 0.191 e. The van der Waals surface area contributed by atoms with Crippen LogP contribution in [0.5, 0.6) is 0 Å². The maximum atomic E-state index is 5.06. The van der Waals surface area contributed by atoms with Gasteiger partial charge in [0.15, 0.2) is 5.16 Å². The number of aromatic nitrogens is 3. The molecule has 0 aliphatic heterocycles. The Bertz CT molecular complexity index is 513. The monoisotopic (exact) mass is 277 g/mol. The maximum Gasteiger partial charge on any atom is 0.191 e. The summed E-state index contributed by atoms with van der Waals surface area (Å²) in [6, 6.07) is 8.44. The quantitative estimate of drug-likeness (QED) is 0.576. The number of hydrogen-bond acceptors (Lipinski definition) is 4. The van der Waals surface area contributed by atoms with Crippen molar-refractivity contribution in [1.29, 1.82) is 0 Å². The summed E-state index contributed by atoms with van der Waals surface area (Å²) in [5, 5.41) is 9.13. The third-order valence-electron chi connectivity index (χ3n) is 2.95. The van der Waals surface area contributed by atoms with Gasteiger partial charge in [-0.3, -0.25) is 0 Å². The topological polar surface area (TPSA) is 39.9 Å². The highest BCUT2D eigenvalue weighted by molar-refractivity contribution is 7.98. The summed E-state index contributed by atoms with van der Waals surface area (Å²) in [6.45, 7) is 3.80. The summed E-state index contributed by atoms with van der Waals surface area (Å²) in [5.74, 6) is 0.926. The molecule has 4 nitrogen and oxygen atoms in total. The lowest BCUT2D eigenvalue weighted by Gasteiger charge is -2.07. The molecular formula is C14H19N3OS. The highest BCUT2D eigenvalue weighted by Crippen LogP contribution is 2.22. The minimum absolute atomic E-state index is 0.764. The first kappa shape index (κ1) is 14.1. The first-order valence-corrected chi connectivity index (χ1v) is 7.34. The molecule has 0 saturated carbocycles. The van der Waals surface area contributed by atoms with Gasteiger partial charge >= 0.3 is 0 Å². The fraction of sp³-hybridized carbons (Fsp3) is 0.429. The molecule has 0 spiro atoms. The Hall–Kier alpha value is -1.33. The molecule has 1 aromatic heterocycles. The van der Waals surface area contributed by atoms with E-state index in [9.17, 15) is 0 Å². The SMILES string of the molecule is COCCCn1cnnc1SCc1ccccc1C. The van der Waals surface area contributed by atoms with E-state index in [0.717, 1.165) is 30.5 Å². The molecule has 0 unspecified atom stereocenters. The van der Waals surface area contributed by atoms with Crippen LogP contribution in [0.2, 0.25) is 0 Å². The van der Waals surface area contributed by atoms with Crippen molar-refractivity contribution >= 4 is 11.8 Å². The van der Waals surface area contributed by atoms with Crippen LogP contribution in [0, 0.1) is 6.92 Å². The van der Waals surface area contributed by atoms with Crippen molar-refractivity contribution in [2.75, 3.05) is 13.7 Å². The van der Waals surface area contributed by atoms with Crippen LogP contribution in [0.1, 0.15) is 17.5 Å². The standard InChI is InChI=1S/C14H19N3OS/c1-12-6-3-4-7-13(12)10-19-14-16-15-11-17(14)8-5-9-18-2/h3-4,6-7,11H,5,8-10H2,1-2H3. The van der Waals surface area contributed by atoms with Gasteiger partial charge in [0.25, 0.3) is 0 Å². The van der Waals surface area contributed by atoms with E-state index >= 15 is 0 Å². The van der Waals surface area contributed by atoms with Gasteiger partial charge in [-0.15, -0.1) is 10.2 Å². The molecular weight excluding hydrogens is 258 g/mol. The normalized spacial score (nSPS) is 10.8. The van der Waals surface area contributed by atoms with Crippen LogP contribution in [-0.4, -0.2) is 28.5 Å². The zero-order chi connectivity index (χ0) is 13.5. The van der Waals surface area contributed by atoms with Crippen LogP contribution >= 0.6 is 11.8 Å². The predicted molar refractivity (Wildman–Crippen MR) is 77.3 cm³/mol. The van der Waals surface area contributed by atoms with Crippen molar-refractivity contribution in [1.82, 2.24) is 14.8 Å². The second-order valence-electron chi connectivity index (χ2n) is 4.37. The van der Waals surface area contributed by atoms with Crippen LogP contribution in [0.4, 0.5) is 0 Å². The Morgan fingerprint density at radius 2 is 2.16 bits per heavy atom. The van der Waals surface area contributed by atoms with Gasteiger partial charge in [0.2, 0.25) is 0 Å². The number of methoxy groups -OCH3 is 1. The van der Waals surface area contributed by atoms with Crippen LogP contribution in [0.25, 0.3) is 0 Å². The highest BCUT2D eigenvalue weighted by atomic mass is 32.2. The summed E-state index contributed by atoms with van der Waals surface area (Å²) in [5.41, 5.74) is 2.67. The molecule has 0 fully saturated rings. The Kier molecular flexibility index (Phi) is 5.42. The molecule has 0 aliphatic carbocycles. The molecule has 1 heterocycles. The fourth-order valence-electron chi connectivity index (χ4n) is 1.80. The second kappa shape index (κ2) is 7.31. The fourth-order valence-corrected chi connectivity index (χ4v) is 2.82. The van der Waals surface area contributed by atoms with Gasteiger partial charge in [-0.05, 0) is 24.5 Å². The molecule has 2 rings (SSSR count). The summed E-state index contributed by atoms with van der Waals surface area (Å²) >= 11 is 1.73. The summed E-state index contributed by atoms with van der Waals surface area (Å²) < 4.78 is 7.15. The number of thioether (sulfide) groups is 1. The highest BCUT2D eigenvalue weighted by Gasteiger charge is 2.06. The predicted octanol–water partition coefficient (Wildman–Crippen LogP) is 2.92. The summed E-state index contributed by atoms with van der Waals surface area (Å²) in [6.07, 6.45) is 2.77. The molecule has 0 N–H and O–H groups in total.